The second kappa shape index (κ2) is 6.17. The molecule has 0 saturated heterocycles. The number of nitrogens with zero attached hydrogens (tertiary/aromatic N) is 1. The van der Waals surface area contributed by atoms with E-state index in [4.69, 9.17) is 4.42 Å². The van der Waals surface area contributed by atoms with Crippen LogP contribution in [0.15, 0.2) is 40.8 Å². The van der Waals surface area contributed by atoms with Crippen LogP contribution >= 0.6 is 0 Å². The number of rotatable bonds is 5. The molecular weight excluding hydrogens is 224 g/mol. The first-order valence-corrected chi connectivity index (χ1v) is 6.11. The third kappa shape index (κ3) is 3.57. The number of nitrogens with one attached hydrogen (secondary N) is 1. The average Bonchev–Trinajstić information content (AvgIpc) is 2.70. The van der Waals surface area contributed by atoms with Crippen molar-refractivity contribution in [3.05, 3.63) is 59.3 Å². The molecule has 0 unspecified atom stereocenters. The van der Waals surface area contributed by atoms with Crippen molar-refractivity contribution in [1.29, 1.82) is 0 Å². The highest BCUT2D eigenvalue weighted by atomic mass is 16.4. The van der Waals surface area contributed by atoms with E-state index in [0.717, 1.165) is 23.9 Å². The van der Waals surface area contributed by atoms with Crippen molar-refractivity contribution in [3.63, 3.8) is 0 Å². The van der Waals surface area contributed by atoms with Crippen molar-refractivity contribution in [2.24, 2.45) is 0 Å². The van der Waals surface area contributed by atoms with E-state index in [1.54, 1.807) is 0 Å². The van der Waals surface area contributed by atoms with Gasteiger partial charge in [0.15, 0.2) is 0 Å². The molecule has 1 aromatic carbocycles. The fourth-order valence-electron chi connectivity index (χ4n) is 1.64. The molecule has 1 N–H and O–H groups in total. The van der Waals surface area contributed by atoms with Gasteiger partial charge >= 0.3 is 0 Å². The molecule has 0 aliphatic heterocycles. The molecule has 0 aliphatic rings. The zero-order valence-corrected chi connectivity index (χ0v) is 10.8. The predicted molar refractivity (Wildman–Crippen MR) is 73.2 cm³/mol. The Morgan fingerprint density at radius 2 is 2.00 bits per heavy atom. The van der Waals surface area contributed by atoms with E-state index >= 15 is 0 Å². The van der Waals surface area contributed by atoms with Gasteiger partial charge in [0.1, 0.15) is 5.76 Å². The molecule has 0 fully saturated rings. The predicted octanol–water partition coefficient (Wildman–Crippen LogP) is 3.09. The van der Waals surface area contributed by atoms with Crippen LogP contribution in [0.25, 0.3) is 6.08 Å². The van der Waals surface area contributed by atoms with Gasteiger partial charge in [0.05, 0.1) is 12.2 Å². The molecule has 0 atom stereocenters. The maximum atomic E-state index is 5.48. The first-order valence-electron chi connectivity index (χ1n) is 6.11. The number of aromatic nitrogens is 1. The Morgan fingerprint density at radius 3 is 2.67 bits per heavy atom. The smallest absolute Gasteiger partial charge is 0.208 e. The zero-order valence-electron chi connectivity index (χ0n) is 10.8. The third-order valence-corrected chi connectivity index (χ3v) is 2.72. The monoisotopic (exact) mass is 242 g/mol. The molecule has 1 heterocycles. The Morgan fingerprint density at radius 1 is 1.22 bits per heavy atom. The van der Waals surface area contributed by atoms with Gasteiger partial charge in [-0.1, -0.05) is 42.5 Å². The van der Waals surface area contributed by atoms with Gasteiger partial charge in [0, 0.05) is 6.54 Å². The van der Waals surface area contributed by atoms with E-state index in [-0.39, 0.29) is 0 Å². The minimum atomic E-state index is 0.661. The van der Waals surface area contributed by atoms with Crippen LogP contribution in [0.2, 0.25) is 0 Å². The number of hydrogen-bond acceptors (Lipinski definition) is 3. The number of aryl methyl sites for hydroxylation is 2. The summed E-state index contributed by atoms with van der Waals surface area (Å²) in [6.45, 7) is 5.35. The minimum absolute atomic E-state index is 0.661. The number of oxazole rings is 1. The Kier molecular flexibility index (Phi) is 4.31. The van der Waals surface area contributed by atoms with Crippen molar-refractivity contribution in [1.82, 2.24) is 10.3 Å². The Balaban J connectivity index is 1.75. The van der Waals surface area contributed by atoms with Gasteiger partial charge in [-0.15, -0.1) is 0 Å². The van der Waals surface area contributed by atoms with Gasteiger partial charge < -0.3 is 9.73 Å². The molecule has 0 spiro atoms. The highest BCUT2D eigenvalue weighted by Crippen LogP contribution is 2.07. The standard InChI is InChI=1S/C15H18N2O/c1-12-13(2)18-15(17-12)11-16-10-6-9-14-7-4-3-5-8-14/h3-9,16H,10-11H2,1-2H3/b9-6+. The topological polar surface area (TPSA) is 38.1 Å². The lowest BCUT2D eigenvalue weighted by Crippen LogP contribution is -2.12. The summed E-state index contributed by atoms with van der Waals surface area (Å²) in [4.78, 5) is 4.31. The number of hydrogen-bond donors (Lipinski definition) is 1. The Labute approximate surface area is 108 Å². The van der Waals surface area contributed by atoms with E-state index in [2.05, 4.69) is 34.6 Å². The van der Waals surface area contributed by atoms with Crippen LogP contribution < -0.4 is 5.32 Å². The summed E-state index contributed by atoms with van der Waals surface area (Å²) in [5, 5.41) is 3.27. The molecule has 18 heavy (non-hydrogen) atoms. The van der Waals surface area contributed by atoms with E-state index in [1.165, 1.54) is 5.56 Å². The summed E-state index contributed by atoms with van der Waals surface area (Å²) in [5.74, 6) is 1.64. The zero-order chi connectivity index (χ0) is 12.8. The summed E-state index contributed by atoms with van der Waals surface area (Å²) >= 11 is 0. The van der Waals surface area contributed by atoms with Gasteiger partial charge in [-0.2, -0.15) is 0 Å². The molecule has 3 heteroatoms. The van der Waals surface area contributed by atoms with Crippen molar-refractivity contribution in [2.45, 2.75) is 20.4 Å². The van der Waals surface area contributed by atoms with Gasteiger partial charge in [-0.25, -0.2) is 4.98 Å². The lowest BCUT2D eigenvalue weighted by molar-refractivity contribution is 0.454. The lowest BCUT2D eigenvalue weighted by Gasteiger charge is -1.96. The summed E-state index contributed by atoms with van der Waals surface area (Å²) in [6, 6.07) is 10.2. The van der Waals surface area contributed by atoms with E-state index < -0.39 is 0 Å². The molecule has 2 rings (SSSR count). The average molecular weight is 242 g/mol. The SMILES string of the molecule is Cc1nc(CNC/C=C/c2ccccc2)oc1C. The number of benzene rings is 1. The van der Waals surface area contributed by atoms with Crippen LogP contribution in [-0.4, -0.2) is 11.5 Å². The van der Waals surface area contributed by atoms with Crippen LogP contribution in [0.5, 0.6) is 0 Å². The van der Waals surface area contributed by atoms with Crippen LogP contribution in [0.1, 0.15) is 22.9 Å². The van der Waals surface area contributed by atoms with Crippen molar-refractivity contribution >= 4 is 6.08 Å². The second-order valence-electron chi connectivity index (χ2n) is 4.19. The first-order chi connectivity index (χ1) is 8.75. The molecule has 3 nitrogen and oxygen atoms in total. The highest BCUT2D eigenvalue weighted by molar-refractivity contribution is 5.48. The normalized spacial score (nSPS) is 11.2. The van der Waals surface area contributed by atoms with E-state index in [9.17, 15) is 0 Å². The fourth-order valence-corrected chi connectivity index (χ4v) is 1.64. The van der Waals surface area contributed by atoms with Crippen molar-refractivity contribution in [2.75, 3.05) is 6.54 Å². The fraction of sp³-hybridized carbons (Fsp3) is 0.267. The summed E-state index contributed by atoms with van der Waals surface area (Å²) < 4.78 is 5.48. The van der Waals surface area contributed by atoms with Crippen LogP contribution in [0.4, 0.5) is 0 Å². The van der Waals surface area contributed by atoms with Crippen LogP contribution in [-0.2, 0) is 6.54 Å². The summed E-state index contributed by atoms with van der Waals surface area (Å²) in [5.41, 5.74) is 2.17. The van der Waals surface area contributed by atoms with Crippen molar-refractivity contribution in [3.8, 4) is 0 Å². The molecule has 1 aromatic heterocycles. The molecular formula is C15H18N2O. The van der Waals surface area contributed by atoms with Crippen LogP contribution in [0, 0.1) is 13.8 Å². The van der Waals surface area contributed by atoms with E-state index in [1.807, 2.05) is 32.0 Å². The molecule has 0 amide bonds. The maximum Gasteiger partial charge on any atom is 0.208 e. The molecule has 2 aromatic rings. The van der Waals surface area contributed by atoms with Gasteiger partial charge in [-0.05, 0) is 19.4 Å². The van der Waals surface area contributed by atoms with E-state index in [0.29, 0.717) is 6.54 Å². The van der Waals surface area contributed by atoms with Crippen molar-refractivity contribution < 1.29 is 4.42 Å². The van der Waals surface area contributed by atoms with Gasteiger partial charge in [0.2, 0.25) is 5.89 Å². The highest BCUT2D eigenvalue weighted by Gasteiger charge is 2.03. The lowest BCUT2D eigenvalue weighted by atomic mass is 10.2. The molecule has 94 valence electrons. The van der Waals surface area contributed by atoms with Gasteiger partial charge in [-0.3, -0.25) is 0 Å². The summed E-state index contributed by atoms with van der Waals surface area (Å²) in [7, 11) is 0. The minimum Gasteiger partial charge on any atom is -0.444 e. The molecule has 0 saturated carbocycles. The Hall–Kier alpha value is -1.87. The quantitative estimate of drug-likeness (QED) is 0.819. The first kappa shape index (κ1) is 12.6. The maximum absolute atomic E-state index is 5.48. The molecule has 0 radical (unpaired) electrons. The second-order valence-corrected chi connectivity index (χ2v) is 4.19. The van der Waals surface area contributed by atoms with Crippen LogP contribution in [0.3, 0.4) is 0 Å². The summed E-state index contributed by atoms with van der Waals surface area (Å²) in [6.07, 6.45) is 4.19. The van der Waals surface area contributed by atoms with Gasteiger partial charge in [0.25, 0.3) is 0 Å². The Bertz CT molecular complexity index is 495. The third-order valence-electron chi connectivity index (χ3n) is 2.72. The largest absolute Gasteiger partial charge is 0.444 e. The molecule has 0 bridgehead atoms. The molecule has 0 aliphatic carbocycles.